The molecule has 0 aliphatic carbocycles. The van der Waals surface area contributed by atoms with Crippen molar-refractivity contribution in [2.24, 2.45) is 0 Å². The van der Waals surface area contributed by atoms with Crippen LogP contribution in [0.15, 0.2) is 59.5 Å². The summed E-state index contributed by atoms with van der Waals surface area (Å²) in [6, 6.07) is 15.1. The minimum absolute atomic E-state index is 0.0238. The van der Waals surface area contributed by atoms with Crippen molar-refractivity contribution >= 4 is 35.6 Å². The molecule has 0 saturated carbocycles. The molecule has 1 N–H and O–H groups in total. The van der Waals surface area contributed by atoms with Gasteiger partial charge in [-0.1, -0.05) is 59.6 Å². The van der Waals surface area contributed by atoms with Crippen LogP contribution in [0.1, 0.15) is 43.7 Å². The van der Waals surface area contributed by atoms with Gasteiger partial charge in [0.05, 0.1) is 15.7 Å². The molecule has 46 heavy (non-hydrogen) atoms. The number of likely N-dealkylation sites (N-methyl/N-ethyl adjacent to an activating group) is 1. The van der Waals surface area contributed by atoms with Crippen LogP contribution < -0.4 is 5.69 Å². The average Bonchev–Trinajstić information content (AvgIpc) is 3.47. The molecule has 3 aromatic rings. The number of rotatable bonds is 8. The zero-order chi connectivity index (χ0) is 32.3. The van der Waals surface area contributed by atoms with Gasteiger partial charge in [0.25, 0.3) is 0 Å². The lowest BCUT2D eigenvalue weighted by Crippen LogP contribution is -2.68. The Balaban J connectivity index is 1.26. The van der Waals surface area contributed by atoms with Crippen molar-refractivity contribution < 1.29 is 14.3 Å². The number of hydrogen-bond acceptors (Lipinski definition) is 7. The van der Waals surface area contributed by atoms with Crippen LogP contribution >= 0.6 is 23.2 Å². The molecular formula is C34H42Cl2N6O4. The number of aldehydes is 1. The molecule has 3 saturated heterocycles. The van der Waals surface area contributed by atoms with E-state index in [1.807, 2.05) is 36.5 Å². The number of hydrogen-bond donors (Lipinski definition) is 1. The molecule has 2 atom stereocenters. The third kappa shape index (κ3) is 6.92. The Bertz CT molecular complexity index is 1570. The second-order valence-electron chi connectivity index (χ2n) is 12.8. The summed E-state index contributed by atoms with van der Waals surface area (Å²) in [6.07, 6.45) is 5.28. The number of piperazine rings is 1. The summed E-state index contributed by atoms with van der Waals surface area (Å²) in [7, 11) is 2.16. The first-order chi connectivity index (χ1) is 22.3. The fourth-order valence-corrected chi connectivity index (χ4v) is 7.78. The van der Waals surface area contributed by atoms with Gasteiger partial charge in [-0.2, -0.15) is 0 Å². The lowest BCUT2D eigenvalue weighted by atomic mass is 9.85. The number of benzene rings is 2. The Morgan fingerprint density at radius 3 is 2.37 bits per heavy atom. The van der Waals surface area contributed by atoms with Gasteiger partial charge in [0, 0.05) is 76.9 Å². The second-order valence-corrected chi connectivity index (χ2v) is 13.6. The monoisotopic (exact) mass is 668 g/mol. The van der Waals surface area contributed by atoms with Gasteiger partial charge in [0.2, 0.25) is 0 Å². The molecule has 6 rings (SSSR count). The molecule has 3 aliphatic heterocycles. The van der Waals surface area contributed by atoms with E-state index in [1.54, 1.807) is 27.7 Å². The molecule has 1 aromatic heterocycles. The Kier molecular flexibility index (Phi) is 10.2. The number of carbonyl (C=O) groups is 2. The molecule has 1 amide bonds. The molecule has 0 unspecified atom stereocenters. The predicted octanol–water partition coefficient (Wildman–Crippen LogP) is 5.12. The third-order valence-electron chi connectivity index (χ3n) is 10.1. The molecule has 4 heterocycles. The lowest BCUT2D eigenvalue weighted by molar-refractivity contribution is -0.127. The van der Waals surface area contributed by atoms with E-state index in [0.29, 0.717) is 35.5 Å². The van der Waals surface area contributed by atoms with Crippen LogP contribution in [0.4, 0.5) is 4.79 Å². The largest absolute Gasteiger partial charge is 0.444 e. The van der Waals surface area contributed by atoms with Gasteiger partial charge in [0.15, 0.2) is 0 Å². The van der Waals surface area contributed by atoms with Crippen molar-refractivity contribution in [3.8, 4) is 11.3 Å². The molecular weight excluding hydrogens is 627 g/mol. The number of nitrogens with one attached hydrogen (secondary N) is 1. The van der Waals surface area contributed by atoms with Crippen LogP contribution in [0.5, 0.6) is 0 Å². The normalized spacial score (nSPS) is 23.8. The highest BCUT2D eigenvalue weighted by Crippen LogP contribution is 2.41. The zero-order valence-corrected chi connectivity index (χ0v) is 27.8. The van der Waals surface area contributed by atoms with E-state index in [-0.39, 0.29) is 24.8 Å². The smallest absolute Gasteiger partial charge is 0.411 e. The summed E-state index contributed by atoms with van der Waals surface area (Å²) in [5.74, 6) is 0. The van der Waals surface area contributed by atoms with Crippen molar-refractivity contribution in [2.45, 2.75) is 56.5 Å². The molecule has 246 valence electrons. The predicted molar refractivity (Wildman–Crippen MR) is 179 cm³/mol. The molecule has 0 radical (unpaired) electrons. The third-order valence-corrected chi connectivity index (χ3v) is 10.8. The van der Waals surface area contributed by atoms with Crippen molar-refractivity contribution in [1.82, 2.24) is 29.2 Å². The number of amides is 1. The SMILES string of the molecule is CN1CCN(C2CCN([C@]3(CC=O)C[C@H](n4cc(-c5ccccc5)[nH]c4=O)CCN3C(=O)OCc3ccc(Cl)c(Cl)c3)CC2)CC1. The van der Waals surface area contributed by atoms with Gasteiger partial charge in [-0.15, -0.1) is 0 Å². The summed E-state index contributed by atoms with van der Waals surface area (Å²) in [5, 5.41) is 0.820. The van der Waals surface area contributed by atoms with Crippen molar-refractivity contribution in [2.75, 3.05) is 52.9 Å². The van der Waals surface area contributed by atoms with E-state index in [0.717, 1.165) is 75.2 Å². The van der Waals surface area contributed by atoms with Crippen molar-refractivity contribution in [3.63, 3.8) is 0 Å². The highest BCUT2D eigenvalue weighted by Gasteiger charge is 2.51. The standard InChI is InChI=1S/C34H42Cl2N6O4/c1-38-16-18-39(19-17-38)27-9-13-40(14-10-27)34(12-20-43)22-28(41-23-31(37-32(41)44)26-5-3-2-4-6-26)11-15-42(34)33(45)46-24-25-7-8-29(35)30(36)21-25/h2-8,20-21,23,27-28H,9-19,22,24H2,1H3,(H,37,44)/t28-,34+/m1/s1. The number of halogens is 2. The van der Waals surface area contributed by atoms with E-state index >= 15 is 0 Å². The maximum Gasteiger partial charge on any atom is 0.411 e. The summed E-state index contributed by atoms with van der Waals surface area (Å²) in [6.45, 7) is 6.08. The Morgan fingerprint density at radius 2 is 1.67 bits per heavy atom. The lowest BCUT2D eigenvalue weighted by Gasteiger charge is -2.56. The number of piperidine rings is 2. The van der Waals surface area contributed by atoms with E-state index in [4.69, 9.17) is 27.9 Å². The summed E-state index contributed by atoms with van der Waals surface area (Å²) >= 11 is 12.3. The van der Waals surface area contributed by atoms with Crippen LogP contribution in [0, 0.1) is 0 Å². The number of nitrogens with zero attached hydrogens (tertiary/aromatic N) is 5. The molecule has 3 aliphatic rings. The Hall–Kier alpha value is -3.15. The van der Waals surface area contributed by atoms with E-state index in [1.165, 1.54) is 0 Å². The van der Waals surface area contributed by atoms with Gasteiger partial charge in [-0.05, 0) is 49.6 Å². The van der Waals surface area contributed by atoms with Crippen LogP contribution in [-0.4, -0.2) is 106 Å². The zero-order valence-electron chi connectivity index (χ0n) is 26.2. The minimum Gasteiger partial charge on any atom is -0.444 e. The van der Waals surface area contributed by atoms with Gasteiger partial charge in [-0.3, -0.25) is 19.3 Å². The molecule has 10 nitrogen and oxygen atoms in total. The Morgan fingerprint density at radius 1 is 0.957 bits per heavy atom. The van der Waals surface area contributed by atoms with Crippen LogP contribution in [0.25, 0.3) is 11.3 Å². The first kappa shape index (κ1) is 32.8. The number of carbonyl (C=O) groups excluding carboxylic acids is 2. The van der Waals surface area contributed by atoms with Crippen molar-refractivity contribution in [1.29, 1.82) is 0 Å². The van der Waals surface area contributed by atoms with Gasteiger partial charge in [0.1, 0.15) is 18.6 Å². The van der Waals surface area contributed by atoms with E-state index in [9.17, 15) is 14.4 Å². The fraction of sp³-hybridized carbons (Fsp3) is 0.500. The number of imidazole rings is 1. The van der Waals surface area contributed by atoms with Gasteiger partial charge >= 0.3 is 11.8 Å². The highest BCUT2D eigenvalue weighted by molar-refractivity contribution is 6.42. The van der Waals surface area contributed by atoms with Gasteiger partial charge in [-0.25, -0.2) is 9.59 Å². The van der Waals surface area contributed by atoms with Gasteiger partial charge < -0.3 is 19.4 Å². The van der Waals surface area contributed by atoms with E-state index < -0.39 is 11.8 Å². The molecule has 0 spiro atoms. The molecule has 12 heteroatoms. The summed E-state index contributed by atoms with van der Waals surface area (Å²) in [4.78, 5) is 51.7. The maximum atomic E-state index is 13.9. The number of ether oxygens (including phenoxy) is 1. The second kappa shape index (κ2) is 14.3. The number of aromatic nitrogens is 2. The maximum absolute atomic E-state index is 13.9. The van der Waals surface area contributed by atoms with Crippen LogP contribution in [-0.2, 0) is 16.1 Å². The van der Waals surface area contributed by atoms with Crippen molar-refractivity contribution in [3.05, 3.63) is 80.8 Å². The molecule has 0 bridgehead atoms. The topological polar surface area (TPSA) is 94.1 Å². The van der Waals surface area contributed by atoms with Crippen LogP contribution in [0.2, 0.25) is 10.0 Å². The minimum atomic E-state index is -0.934. The highest BCUT2D eigenvalue weighted by atomic mass is 35.5. The number of H-pyrrole nitrogens is 1. The fourth-order valence-electron chi connectivity index (χ4n) is 7.46. The Labute approximate surface area is 279 Å². The first-order valence-electron chi connectivity index (χ1n) is 16.1. The first-order valence-corrected chi connectivity index (χ1v) is 16.9. The number of aromatic amines is 1. The summed E-state index contributed by atoms with van der Waals surface area (Å²) in [5.41, 5.74) is 1.25. The average molecular weight is 670 g/mol. The quantitative estimate of drug-likeness (QED) is 0.333. The summed E-state index contributed by atoms with van der Waals surface area (Å²) < 4.78 is 7.61. The molecule has 2 aromatic carbocycles. The van der Waals surface area contributed by atoms with Crippen LogP contribution in [0.3, 0.4) is 0 Å². The number of likely N-dealkylation sites (tertiary alicyclic amines) is 2. The molecule has 3 fully saturated rings. The van der Waals surface area contributed by atoms with E-state index in [2.05, 4.69) is 26.7 Å².